The van der Waals surface area contributed by atoms with Crippen molar-refractivity contribution in [3.63, 3.8) is 0 Å². The number of carbonyl (C=O) groups excluding carboxylic acids is 2. The van der Waals surface area contributed by atoms with E-state index in [4.69, 9.17) is 15.2 Å². The van der Waals surface area contributed by atoms with Crippen molar-refractivity contribution >= 4 is 23.2 Å². The van der Waals surface area contributed by atoms with Crippen LogP contribution in [0.15, 0.2) is 29.8 Å². The van der Waals surface area contributed by atoms with Crippen molar-refractivity contribution in [3.05, 3.63) is 45.9 Å². The summed E-state index contributed by atoms with van der Waals surface area (Å²) in [4.78, 5) is 28.3. The number of aryl methyl sites for hydroxylation is 1. The molecule has 2 amide bonds. The monoisotopic (exact) mass is 361 g/mol. The fraction of sp³-hybridized carbons (Fsp3) is 0.353. The van der Waals surface area contributed by atoms with Crippen LogP contribution >= 0.6 is 11.3 Å². The molecule has 3 rings (SSSR count). The Morgan fingerprint density at radius 3 is 2.76 bits per heavy atom. The van der Waals surface area contributed by atoms with Crippen LogP contribution in [0.3, 0.4) is 0 Å². The quantitative estimate of drug-likeness (QED) is 0.840. The van der Waals surface area contributed by atoms with E-state index in [0.29, 0.717) is 41.5 Å². The number of nitrogens with zero attached hydrogens (tertiary/aromatic N) is 1. The molecule has 2 aromatic rings. The van der Waals surface area contributed by atoms with Crippen molar-refractivity contribution in [2.24, 2.45) is 5.73 Å². The first kappa shape index (κ1) is 17.4. The first-order valence-corrected chi connectivity index (χ1v) is 8.78. The minimum Gasteiger partial charge on any atom is -0.486 e. The van der Waals surface area contributed by atoms with Gasteiger partial charge in [0.15, 0.2) is 0 Å². The Bertz CT molecular complexity index is 760. The highest BCUT2D eigenvalue weighted by Crippen LogP contribution is 2.20. The number of rotatable bonds is 5. The Kier molecular flexibility index (Phi) is 5.30. The van der Waals surface area contributed by atoms with Crippen LogP contribution in [0, 0.1) is 6.92 Å². The van der Waals surface area contributed by atoms with Crippen molar-refractivity contribution in [1.82, 2.24) is 10.3 Å². The van der Waals surface area contributed by atoms with Crippen molar-refractivity contribution in [1.29, 1.82) is 0 Å². The van der Waals surface area contributed by atoms with Crippen LogP contribution in [0.5, 0.6) is 5.75 Å². The maximum atomic E-state index is 12.4. The van der Waals surface area contributed by atoms with Gasteiger partial charge >= 0.3 is 0 Å². The van der Waals surface area contributed by atoms with Crippen molar-refractivity contribution in [3.8, 4) is 5.75 Å². The predicted octanol–water partition coefficient (Wildman–Crippen LogP) is 1.52. The molecule has 3 N–H and O–H groups in total. The number of thiazole rings is 1. The molecule has 0 unspecified atom stereocenters. The lowest BCUT2D eigenvalue weighted by Gasteiger charge is -2.32. The summed E-state index contributed by atoms with van der Waals surface area (Å²) in [5.41, 5.74) is 8.02. The molecule has 25 heavy (non-hydrogen) atoms. The minimum atomic E-state index is -0.488. The molecule has 1 aliphatic rings. The number of aromatic nitrogens is 1. The molecule has 0 radical (unpaired) electrons. The number of nitrogens with one attached hydrogen (secondary N) is 1. The van der Waals surface area contributed by atoms with Crippen LogP contribution in [0.4, 0.5) is 0 Å². The average molecular weight is 361 g/mol. The third-order valence-electron chi connectivity index (χ3n) is 4.00. The van der Waals surface area contributed by atoms with Gasteiger partial charge in [-0.05, 0) is 37.6 Å². The number of primary amides is 1. The Morgan fingerprint density at radius 2 is 2.12 bits per heavy atom. The number of nitrogens with two attached hydrogens (primary N) is 1. The Labute approximate surface area is 149 Å². The van der Waals surface area contributed by atoms with Gasteiger partial charge < -0.3 is 20.5 Å². The number of hydrogen-bond acceptors (Lipinski definition) is 6. The fourth-order valence-corrected chi connectivity index (χ4v) is 3.32. The van der Waals surface area contributed by atoms with E-state index in [1.54, 1.807) is 29.8 Å². The second-order valence-electron chi connectivity index (χ2n) is 5.76. The Balaban J connectivity index is 1.67. The molecule has 132 valence electrons. The molecule has 1 saturated heterocycles. The number of ether oxygens (including phenoxy) is 2. The van der Waals surface area contributed by atoms with Gasteiger partial charge in [0.25, 0.3) is 5.91 Å². The molecule has 0 aliphatic carbocycles. The molecule has 1 aromatic heterocycles. The molecule has 0 bridgehead atoms. The first-order valence-electron chi connectivity index (χ1n) is 7.90. The molecule has 1 aromatic carbocycles. The zero-order valence-electron chi connectivity index (χ0n) is 13.7. The van der Waals surface area contributed by atoms with E-state index in [1.165, 1.54) is 11.3 Å². The smallest absolute Gasteiger partial charge is 0.263 e. The highest BCUT2D eigenvalue weighted by Gasteiger charge is 2.30. The van der Waals surface area contributed by atoms with E-state index in [1.807, 2.05) is 6.92 Å². The number of amides is 2. The summed E-state index contributed by atoms with van der Waals surface area (Å²) in [7, 11) is 0. The van der Waals surface area contributed by atoms with Crippen LogP contribution in [-0.2, 0) is 4.74 Å². The maximum Gasteiger partial charge on any atom is 0.263 e. The molecular formula is C17H19N3O4S. The van der Waals surface area contributed by atoms with Gasteiger partial charge in [-0.15, -0.1) is 11.3 Å². The molecule has 2 atom stereocenters. The normalized spacial score (nSPS) is 20.0. The topological polar surface area (TPSA) is 104 Å². The van der Waals surface area contributed by atoms with Gasteiger partial charge in [0.1, 0.15) is 16.7 Å². The van der Waals surface area contributed by atoms with Crippen LogP contribution in [-0.4, -0.2) is 42.2 Å². The van der Waals surface area contributed by atoms with E-state index in [0.717, 1.165) is 0 Å². The molecule has 2 heterocycles. The van der Waals surface area contributed by atoms with E-state index in [9.17, 15) is 9.59 Å². The highest BCUT2D eigenvalue weighted by molar-refractivity contribution is 7.11. The second kappa shape index (κ2) is 7.62. The van der Waals surface area contributed by atoms with Gasteiger partial charge in [0.05, 0.1) is 23.9 Å². The van der Waals surface area contributed by atoms with Crippen molar-refractivity contribution in [2.45, 2.75) is 25.5 Å². The fourth-order valence-electron chi connectivity index (χ4n) is 2.62. The Morgan fingerprint density at radius 1 is 1.36 bits per heavy atom. The zero-order valence-corrected chi connectivity index (χ0v) is 14.5. The minimum absolute atomic E-state index is 0.149. The molecule has 0 saturated carbocycles. The van der Waals surface area contributed by atoms with Gasteiger partial charge in [-0.3, -0.25) is 9.59 Å². The average Bonchev–Trinajstić information content (AvgIpc) is 3.03. The second-order valence-corrected chi connectivity index (χ2v) is 6.61. The highest BCUT2D eigenvalue weighted by atomic mass is 32.1. The Hall–Kier alpha value is -2.45. The van der Waals surface area contributed by atoms with E-state index in [2.05, 4.69) is 10.3 Å². The number of hydrogen-bond donors (Lipinski definition) is 2. The van der Waals surface area contributed by atoms with Crippen LogP contribution in [0.1, 0.15) is 32.1 Å². The summed E-state index contributed by atoms with van der Waals surface area (Å²) in [6.45, 7) is 2.75. The molecule has 0 spiro atoms. The summed E-state index contributed by atoms with van der Waals surface area (Å²) in [5, 5.41) is 3.01. The third kappa shape index (κ3) is 4.15. The van der Waals surface area contributed by atoms with Gasteiger partial charge in [-0.25, -0.2) is 4.98 Å². The largest absolute Gasteiger partial charge is 0.486 e. The summed E-state index contributed by atoms with van der Waals surface area (Å²) in [5.74, 6) is -0.0455. The molecule has 1 fully saturated rings. The first-order chi connectivity index (χ1) is 12.0. The van der Waals surface area contributed by atoms with Gasteiger partial charge in [0.2, 0.25) is 5.91 Å². The third-order valence-corrected chi connectivity index (χ3v) is 4.93. The van der Waals surface area contributed by atoms with Crippen molar-refractivity contribution < 1.29 is 19.1 Å². The van der Waals surface area contributed by atoms with E-state index in [-0.39, 0.29) is 18.1 Å². The lowest BCUT2D eigenvalue weighted by atomic mass is 10.1. The maximum absolute atomic E-state index is 12.4. The van der Waals surface area contributed by atoms with Crippen LogP contribution in [0.25, 0.3) is 0 Å². The molecule has 7 nitrogen and oxygen atoms in total. The summed E-state index contributed by atoms with van der Waals surface area (Å²) >= 11 is 1.32. The van der Waals surface area contributed by atoms with E-state index >= 15 is 0 Å². The lowest BCUT2D eigenvalue weighted by Crippen LogP contribution is -2.51. The zero-order chi connectivity index (χ0) is 17.8. The van der Waals surface area contributed by atoms with Crippen molar-refractivity contribution in [2.75, 3.05) is 13.2 Å². The van der Waals surface area contributed by atoms with E-state index < -0.39 is 5.91 Å². The SMILES string of the molecule is Cc1ncsc1C(=O)N[C@@H]1CCOC[C@H]1Oc1ccc(C(N)=O)cc1. The molecular weight excluding hydrogens is 342 g/mol. The van der Waals surface area contributed by atoms with Gasteiger partial charge in [-0.1, -0.05) is 0 Å². The summed E-state index contributed by atoms with van der Waals surface area (Å²) < 4.78 is 11.4. The number of benzene rings is 1. The molecule has 8 heteroatoms. The summed E-state index contributed by atoms with van der Waals surface area (Å²) in [6, 6.07) is 6.41. The van der Waals surface area contributed by atoms with Gasteiger partial charge in [0, 0.05) is 12.2 Å². The van der Waals surface area contributed by atoms with Gasteiger partial charge in [-0.2, -0.15) is 0 Å². The molecule has 1 aliphatic heterocycles. The lowest BCUT2D eigenvalue weighted by molar-refractivity contribution is -0.0134. The summed E-state index contributed by atoms with van der Waals surface area (Å²) in [6.07, 6.45) is 0.346. The number of carbonyl (C=O) groups is 2. The standard InChI is InChI=1S/C17H19N3O4S/c1-10-15(25-9-19-10)17(22)20-13-6-7-23-8-14(13)24-12-4-2-11(3-5-12)16(18)21/h2-5,9,13-14H,6-8H2,1H3,(H2,18,21)(H,20,22)/t13-,14-/m1/s1. The van der Waals surface area contributed by atoms with Crippen LogP contribution < -0.4 is 15.8 Å². The predicted molar refractivity (Wildman–Crippen MR) is 92.9 cm³/mol. The van der Waals surface area contributed by atoms with Crippen LogP contribution in [0.2, 0.25) is 0 Å².